The van der Waals surface area contributed by atoms with Gasteiger partial charge in [-0.3, -0.25) is 14.4 Å². The summed E-state index contributed by atoms with van der Waals surface area (Å²) in [6, 6.07) is 0. The fourth-order valence-corrected chi connectivity index (χ4v) is 6.83. The van der Waals surface area contributed by atoms with Crippen molar-refractivity contribution in [3.8, 4) is 0 Å². The third kappa shape index (κ3) is 46.0. The first-order valence-corrected chi connectivity index (χ1v) is 24.8. The molecule has 0 aliphatic carbocycles. The molecular weight excluding hydrogens is 733 g/mol. The summed E-state index contributed by atoms with van der Waals surface area (Å²) in [5, 5.41) is 0. The van der Waals surface area contributed by atoms with Crippen LogP contribution >= 0.6 is 0 Å². The molecule has 6 nitrogen and oxygen atoms in total. The molecule has 0 aliphatic heterocycles. The fourth-order valence-electron chi connectivity index (χ4n) is 6.83. The van der Waals surface area contributed by atoms with Gasteiger partial charge in [-0.1, -0.05) is 223 Å². The summed E-state index contributed by atoms with van der Waals surface area (Å²) in [5.74, 6) is -0.946. The quantitative estimate of drug-likeness (QED) is 0.0263. The molecule has 0 saturated carbocycles. The topological polar surface area (TPSA) is 78.9 Å². The van der Waals surface area contributed by atoms with Gasteiger partial charge in [0.2, 0.25) is 0 Å². The molecule has 0 saturated heterocycles. The third-order valence-electron chi connectivity index (χ3n) is 10.5. The predicted molar refractivity (Wildman–Crippen MR) is 251 cm³/mol. The van der Waals surface area contributed by atoms with E-state index in [-0.39, 0.29) is 37.5 Å². The Labute approximate surface area is 364 Å². The minimum Gasteiger partial charge on any atom is -0.462 e. The van der Waals surface area contributed by atoms with Crippen LogP contribution in [0.1, 0.15) is 239 Å². The highest BCUT2D eigenvalue weighted by Crippen LogP contribution is 2.15. The molecule has 0 N–H and O–H groups in total. The molecule has 0 fully saturated rings. The van der Waals surface area contributed by atoms with Crippen LogP contribution in [0.15, 0.2) is 60.8 Å². The van der Waals surface area contributed by atoms with Gasteiger partial charge in [0.05, 0.1) is 0 Å². The van der Waals surface area contributed by atoms with E-state index in [4.69, 9.17) is 14.2 Å². The second-order valence-electron chi connectivity index (χ2n) is 16.4. The number of ether oxygens (including phenoxy) is 3. The van der Waals surface area contributed by atoms with Crippen LogP contribution in [0.4, 0.5) is 0 Å². The molecule has 0 aliphatic rings. The van der Waals surface area contributed by atoms with Gasteiger partial charge < -0.3 is 14.2 Å². The Hall–Kier alpha value is -2.89. The van der Waals surface area contributed by atoms with Gasteiger partial charge in [-0.05, 0) is 57.8 Å². The number of carbonyl (C=O) groups excluding carboxylic acids is 3. The molecule has 59 heavy (non-hydrogen) atoms. The van der Waals surface area contributed by atoms with Gasteiger partial charge in [0.25, 0.3) is 0 Å². The molecule has 0 heterocycles. The molecule has 6 heteroatoms. The molecule has 0 aromatic rings. The molecule has 0 aromatic carbocycles. The zero-order valence-electron chi connectivity index (χ0n) is 38.8. The van der Waals surface area contributed by atoms with Gasteiger partial charge in [0.15, 0.2) is 6.10 Å². The molecule has 0 unspecified atom stereocenters. The SMILES string of the molecule is CC/C=C\C/C=C\C/C=C\C/C=C\C/C=C\CCCC(=O)OC[C@@H](COC(=O)CCCCCCCCCCCCCC)OC(=O)CCCCCCCCCCCCCC. The average molecular weight is 825 g/mol. The number of unbranched alkanes of at least 4 members (excludes halogenated alkanes) is 23. The van der Waals surface area contributed by atoms with Gasteiger partial charge in [-0.25, -0.2) is 0 Å². The molecule has 0 rings (SSSR count). The summed E-state index contributed by atoms with van der Waals surface area (Å²) in [7, 11) is 0. The van der Waals surface area contributed by atoms with Crippen molar-refractivity contribution in [2.75, 3.05) is 13.2 Å². The molecule has 0 bridgehead atoms. The van der Waals surface area contributed by atoms with Crippen molar-refractivity contribution in [1.29, 1.82) is 0 Å². The van der Waals surface area contributed by atoms with Crippen LogP contribution < -0.4 is 0 Å². The minimum atomic E-state index is -0.791. The summed E-state index contributed by atoms with van der Waals surface area (Å²) >= 11 is 0. The number of rotatable bonds is 44. The van der Waals surface area contributed by atoms with Crippen molar-refractivity contribution >= 4 is 17.9 Å². The van der Waals surface area contributed by atoms with Crippen molar-refractivity contribution in [2.45, 2.75) is 245 Å². The van der Waals surface area contributed by atoms with E-state index in [0.717, 1.165) is 77.0 Å². The number of carbonyl (C=O) groups is 3. The third-order valence-corrected chi connectivity index (χ3v) is 10.5. The highest BCUT2D eigenvalue weighted by atomic mass is 16.6. The van der Waals surface area contributed by atoms with E-state index in [1.807, 2.05) is 0 Å². The molecule has 340 valence electrons. The highest BCUT2D eigenvalue weighted by Gasteiger charge is 2.19. The molecule has 0 spiro atoms. The second-order valence-corrected chi connectivity index (χ2v) is 16.4. The fraction of sp³-hybridized carbons (Fsp3) is 0.755. The number of allylic oxidation sites excluding steroid dienone is 10. The lowest BCUT2D eigenvalue weighted by molar-refractivity contribution is -0.167. The lowest BCUT2D eigenvalue weighted by Gasteiger charge is -2.18. The van der Waals surface area contributed by atoms with Crippen molar-refractivity contribution in [3.63, 3.8) is 0 Å². The van der Waals surface area contributed by atoms with Crippen LogP contribution in [0.25, 0.3) is 0 Å². The Morgan fingerprint density at radius 3 is 1.03 bits per heavy atom. The van der Waals surface area contributed by atoms with Crippen LogP contribution in [0.2, 0.25) is 0 Å². The van der Waals surface area contributed by atoms with Crippen LogP contribution in [0.3, 0.4) is 0 Å². The number of hydrogen-bond acceptors (Lipinski definition) is 6. The maximum Gasteiger partial charge on any atom is 0.306 e. The van der Waals surface area contributed by atoms with E-state index >= 15 is 0 Å². The lowest BCUT2D eigenvalue weighted by Crippen LogP contribution is -2.30. The van der Waals surface area contributed by atoms with E-state index < -0.39 is 6.10 Å². The zero-order chi connectivity index (χ0) is 43.0. The van der Waals surface area contributed by atoms with Crippen LogP contribution in [0.5, 0.6) is 0 Å². The second kappa shape index (κ2) is 47.8. The predicted octanol–water partition coefficient (Wildman–Crippen LogP) is 16.1. The Balaban J connectivity index is 4.45. The monoisotopic (exact) mass is 825 g/mol. The standard InChI is InChI=1S/C53H92O6/c1-4-7-10-13-16-19-22-25-26-27-28-29-32-34-37-40-43-46-52(55)58-49-50(59-53(56)47-44-41-38-35-31-24-21-18-15-12-9-6-3)48-57-51(54)45-42-39-36-33-30-23-20-17-14-11-8-5-2/h7,10,16,19,25-26,28-29,34,37,50H,4-6,8-9,11-15,17-18,20-24,27,30-33,35-36,38-49H2,1-3H3/b10-7-,19-16-,26-25-,29-28-,37-34-/t50-/m1/s1. The van der Waals surface area contributed by atoms with Crippen LogP contribution in [-0.2, 0) is 28.6 Å². The minimum absolute atomic E-state index is 0.0887. The summed E-state index contributed by atoms with van der Waals surface area (Å²) in [5.41, 5.74) is 0. The molecular formula is C53H92O6. The van der Waals surface area contributed by atoms with Crippen molar-refractivity contribution in [2.24, 2.45) is 0 Å². The summed E-state index contributed by atoms with van der Waals surface area (Å²) in [6.07, 6.45) is 57.8. The molecule has 0 amide bonds. The van der Waals surface area contributed by atoms with Crippen molar-refractivity contribution in [3.05, 3.63) is 60.8 Å². The Morgan fingerprint density at radius 2 is 0.661 bits per heavy atom. The van der Waals surface area contributed by atoms with E-state index in [1.165, 1.54) is 116 Å². The molecule has 0 aromatic heterocycles. The number of esters is 3. The zero-order valence-corrected chi connectivity index (χ0v) is 38.8. The summed E-state index contributed by atoms with van der Waals surface area (Å²) < 4.78 is 16.7. The molecule has 1 atom stereocenters. The van der Waals surface area contributed by atoms with Gasteiger partial charge >= 0.3 is 17.9 Å². The van der Waals surface area contributed by atoms with E-state index in [2.05, 4.69) is 81.5 Å². The lowest BCUT2D eigenvalue weighted by atomic mass is 10.0. The summed E-state index contributed by atoms with van der Waals surface area (Å²) in [4.78, 5) is 37.8. The maximum absolute atomic E-state index is 12.7. The summed E-state index contributed by atoms with van der Waals surface area (Å²) in [6.45, 7) is 6.47. The Morgan fingerprint density at radius 1 is 0.356 bits per heavy atom. The van der Waals surface area contributed by atoms with Crippen LogP contribution in [-0.4, -0.2) is 37.2 Å². The van der Waals surface area contributed by atoms with Gasteiger partial charge in [0.1, 0.15) is 13.2 Å². The maximum atomic E-state index is 12.7. The van der Waals surface area contributed by atoms with E-state index in [0.29, 0.717) is 19.3 Å². The van der Waals surface area contributed by atoms with Gasteiger partial charge in [0, 0.05) is 19.3 Å². The smallest absolute Gasteiger partial charge is 0.306 e. The largest absolute Gasteiger partial charge is 0.462 e. The normalized spacial score (nSPS) is 12.5. The van der Waals surface area contributed by atoms with Crippen LogP contribution in [0, 0.1) is 0 Å². The molecule has 0 radical (unpaired) electrons. The Bertz CT molecular complexity index is 1090. The first-order valence-electron chi connectivity index (χ1n) is 24.8. The Kier molecular flexibility index (Phi) is 45.4. The van der Waals surface area contributed by atoms with E-state index in [9.17, 15) is 14.4 Å². The van der Waals surface area contributed by atoms with E-state index in [1.54, 1.807) is 0 Å². The van der Waals surface area contributed by atoms with Crippen molar-refractivity contribution < 1.29 is 28.6 Å². The first kappa shape index (κ1) is 56.1. The van der Waals surface area contributed by atoms with Crippen molar-refractivity contribution in [1.82, 2.24) is 0 Å². The average Bonchev–Trinajstić information content (AvgIpc) is 3.23. The number of hydrogen-bond donors (Lipinski definition) is 0. The van der Waals surface area contributed by atoms with Gasteiger partial charge in [-0.15, -0.1) is 0 Å². The highest BCUT2D eigenvalue weighted by molar-refractivity contribution is 5.71. The van der Waals surface area contributed by atoms with Gasteiger partial charge in [-0.2, -0.15) is 0 Å². The first-order chi connectivity index (χ1) is 29.0.